The quantitative estimate of drug-likeness (QED) is 0.881. The Kier molecular flexibility index (Phi) is 4.87. The molecule has 0 aliphatic heterocycles. The summed E-state index contributed by atoms with van der Waals surface area (Å²) in [6.45, 7) is 9.19. The van der Waals surface area contributed by atoms with Crippen molar-refractivity contribution in [2.45, 2.75) is 52.7 Å². The molecule has 1 aliphatic rings. The van der Waals surface area contributed by atoms with Crippen LogP contribution in [0.3, 0.4) is 0 Å². The summed E-state index contributed by atoms with van der Waals surface area (Å²) in [6, 6.07) is 9.47. The van der Waals surface area contributed by atoms with Crippen molar-refractivity contribution in [3.05, 3.63) is 35.4 Å². The molecule has 0 aromatic heterocycles. The molecule has 112 valence electrons. The molecule has 0 bridgehead atoms. The van der Waals surface area contributed by atoms with Gasteiger partial charge < -0.3 is 10.2 Å². The van der Waals surface area contributed by atoms with Crippen LogP contribution >= 0.6 is 0 Å². The van der Waals surface area contributed by atoms with Crippen LogP contribution in [0.1, 0.15) is 44.7 Å². The van der Waals surface area contributed by atoms with E-state index in [0.717, 1.165) is 19.0 Å². The first-order chi connectivity index (χ1) is 9.37. The van der Waals surface area contributed by atoms with Crippen LogP contribution in [0.2, 0.25) is 0 Å². The normalized spacial score (nSPS) is 25.3. The van der Waals surface area contributed by atoms with Crippen molar-refractivity contribution < 1.29 is 0 Å². The van der Waals surface area contributed by atoms with Gasteiger partial charge in [0.2, 0.25) is 0 Å². The molecule has 0 spiro atoms. The van der Waals surface area contributed by atoms with Gasteiger partial charge in [0.25, 0.3) is 0 Å². The molecular weight excluding hydrogens is 244 g/mol. The highest BCUT2D eigenvalue weighted by Gasteiger charge is 2.36. The molecule has 2 rings (SSSR count). The first kappa shape index (κ1) is 15.5. The van der Waals surface area contributed by atoms with Gasteiger partial charge in [0.1, 0.15) is 0 Å². The van der Waals surface area contributed by atoms with Crippen LogP contribution < -0.4 is 5.32 Å². The average Bonchev–Trinajstić information content (AvgIpc) is 2.60. The van der Waals surface area contributed by atoms with Gasteiger partial charge in [-0.1, -0.05) is 45.0 Å². The van der Waals surface area contributed by atoms with Crippen LogP contribution in [0, 0.1) is 11.3 Å². The number of hydrogen-bond acceptors (Lipinski definition) is 2. The molecule has 1 aromatic carbocycles. The summed E-state index contributed by atoms with van der Waals surface area (Å²) in [6.07, 6.45) is 2.63. The number of rotatable bonds is 5. The van der Waals surface area contributed by atoms with Gasteiger partial charge in [-0.3, -0.25) is 0 Å². The second kappa shape index (κ2) is 6.28. The van der Waals surface area contributed by atoms with Gasteiger partial charge in [0.05, 0.1) is 0 Å². The van der Waals surface area contributed by atoms with Crippen LogP contribution in [0.25, 0.3) is 0 Å². The lowest BCUT2D eigenvalue weighted by Gasteiger charge is -2.20. The Morgan fingerprint density at radius 2 is 1.80 bits per heavy atom. The third-order valence-corrected chi connectivity index (χ3v) is 4.49. The summed E-state index contributed by atoms with van der Waals surface area (Å²) in [4.78, 5) is 2.24. The van der Waals surface area contributed by atoms with E-state index >= 15 is 0 Å². The Morgan fingerprint density at radius 3 is 2.35 bits per heavy atom. The molecule has 2 heteroatoms. The van der Waals surface area contributed by atoms with E-state index in [4.69, 9.17) is 0 Å². The highest BCUT2D eigenvalue weighted by molar-refractivity contribution is 5.27. The molecule has 1 fully saturated rings. The smallest absolute Gasteiger partial charge is 0.0230 e. The van der Waals surface area contributed by atoms with Crippen LogP contribution in [-0.4, -0.2) is 25.0 Å². The van der Waals surface area contributed by atoms with E-state index in [1.807, 2.05) is 0 Å². The van der Waals surface area contributed by atoms with Gasteiger partial charge in [-0.05, 0) is 49.4 Å². The van der Waals surface area contributed by atoms with E-state index in [1.54, 1.807) is 0 Å². The van der Waals surface area contributed by atoms with Crippen molar-refractivity contribution in [1.82, 2.24) is 10.2 Å². The molecule has 0 saturated heterocycles. The maximum atomic E-state index is 3.80. The lowest BCUT2D eigenvalue weighted by molar-refractivity contribution is 0.361. The molecular formula is C18H30N2. The standard InChI is InChI=1S/C18H30N2/c1-14-10-18(2,3)11-17(14)19-12-15-8-6-7-9-16(15)13-20(4)5/h6-9,14,17,19H,10-13H2,1-5H3. The number of benzene rings is 1. The zero-order valence-corrected chi connectivity index (χ0v) is 13.7. The maximum Gasteiger partial charge on any atom is 0.0230 e. The minimum Gasteiger partial charge on any atom is -0.310 e. The van der Waals surface area contributed by atoms with Gasteiger partial charge in [0, 0.05) is 19.1 Å². The summed E-state index contributed by atoms with van der Waals surface area (Å²) in [7, 11) is 4.26. The minimum absolute atomic E-state index is 0.500. The van der Waals surface area contributed by atoms with Crippen molar-refractivity contribution >= 4 is 0 Å². The third kappa shape index (κ3) is 4.07. The highest BCUT2D eigenvalue weighted by atomic mass is 15.0. The van der Waals surface area contributed by atoms with Crippen molar-refractivity contribution in [3.63, 3.8) is 0 Å². The van der Waals surface area contributed by atoms with Crippen LogP contribution in [-0.2, 0) is 13.1 Å². The Morgan fingerprint density at radius 1 is 1.15 bits per heavy atom. The monoisotopic (exact) mass is 274 g/mol. The molecule has 1 aliphatic carbocycles. The number of nitrogens with one attached hydrogen (secondary N) is 1. The molecule has 0 amide bonds. The van der Waals surface area contributed by atoms with Gasteiger partial charge in [-0.25, -0.2) is 0 Å². The first-order valence-electron chi connectivity index (χ1n) is 7.82. The second-order valence-electron chi connectivity index (χ2n) is 7.54. The van der Waals surface area contributed by atoms with Gasteiger partial charge in [-0.15, -0.1) is 0 Å². The van der Waals surface area contributed by atoms with Crippen molar-refractivity contribution in [3.8, 4) is 0 Å². The fourth-order valence-corrected chi connectivity index (χ4v) is 3.63. The predicted octanol–water partition coefficient (Wildman–Crippen LogP) is 3.66. The van der Waals surface area contributed by atoms with Crippen LogP contribution in [0.5, 0.6) is 0 Å². The van der Waals surface area contributed by atoms with Gasteiger partial charge in [0.15, 0.2) is 0 Å². The molecule has 2 nitrogen and oxygen atoms in total. The maximum absolute atomic E-state index is 3.80. The lowest BCUT2D eigenvalue weighted by atomic mass is 9.91. The zero-order valence-electron chi connectivity index (χ0n) is 13.7. The molecule has 20 heavy (non-hydrogen) atoms. The molecule has 2 atom stereocenters. The zero-order chi connectivity index (χ0) is 14.8. The van der Waals surface area contributed by atoms with Gasteiger partial charge >= 0.3 is 0 Å². The largest absolute Gasteiger partial charge is 0.310 e. The Balaban J connectivity index is 1.97. The summed E-state index contributed by atoms with van der Waals surface area (Å²) < 4.78 is 0. The van der Waals surface area contributed by atoms with E-state index in [2.05, 4.69) is 69.3 Å². The predicted molar refractivity (Wildman–Crippen MR) is 86.6 cm³/mol. The Bertz CT molecular complexity index is 437. The van der Waals surface area contributed by atoms with E-state index in [0.29, 0.717) is 11.5 Å². The van der Waals surface area contributed by atoms with Gasteiger partial charge in [-0.2, -0.15) is 0 Å². The summed E-state index contributed by atoms with van der Waals surface area (Å²) >= 11 is 0. The molecule has 0 radical (unpaired) electrons. The average molecular weight is 274 g/mol. The van der Waals surface area contributed by atoms with E-state index in [1.165, 1.54) is 24.0 Å². The fraction of sp³-hybridized carbons (Fsp3) is 0.667. The minimum atomic E-state index is 0.500. The molecule has 1 N–H and O–H groups in total. The first-order valence-corrected chi connectivity index (χ1v) is 7.82. The molecule has 1 saturated carbocycles. The Labute approximate surface area is 124 Å². The molecule has 0 heterocycles. The highest BCUT2D eigenvalue weighted by Crippen LogP contribution is 2.40. The van der Waals surface area contributed by atoms with Crippen molar-refractivity contribution in [2.75, 3.05) is 14.1 Å². The topological polar surface area (TPSA) is 15.3 Å². The Hall–Kier alpha value is -0.860. The summed E-state index contributed by atoms with van der Waals surface area (Å²) in [5, 5.41) is 3.80. The van der Waals surface area contributed by atoms with E-state index in [-0.39, 0.29) is 0 Å². The SMILES string of the molecule is CC1CC(C)(C)CC1NCc1ccccc1CN(C)C. The third-order valence-electron chi connectivity index (χ3n) is 4.49. The van der Waals surface area contributed by atoms with Crippen LogP contribution in [0.15, 0.2) is 24.3 Å². The number of nitrogens with zero attached hydrogens (tertiary/aromatic N) is 1. The molecule has 2 unspecified atom stereocenters. The van der Waals surface area contributed by atoms with Crippen molar-refractivity contribution in [2.24, 2.45) is 11.3 Å². The van der Waals surface area contributed by atoms with E-state index in [9.17, 15) is 0 Å². The lowest BCUT2D eigenvalue weighted by Crippen LogP contribution is -2.31. The second-order valence-corrected chi connectivity index (χ2v) is 7.54. The summed E-state index contributed by atoms with van der Waals surface area (Å²) in [5.74, 6) is 0.783. The fourth-order valence-electron chi connectivity index (χ4n) is 3.63. The number of hydrogen-bond donors (Lipinski definition) is 1. The molecule has 1 aromatic rings. The van der Waals surface area contributed by atoms with Crippen LogP contribution in [0.4, 0.5) is 0 Å². The van der Waals surface area contributed by atoms with Crippen molar-refractivity contribution in [1.29, 1.82) is 0 Å². The summed E-state index contributed by atoms with van der Waals surface area (Å²) in [5.41, 5.74) is 3.38. The van der Waals surface area contributed by atoms with E-state index < -0.39 is 0 Å².